The van der Waals surface area contributed by atoms with Crippen LogP contribution in [0.1, 0.15) is 15.9 Å². The Morgan fingerprint density at radius 2 is 1.64 bits per heavy atom. The fourth-order valence-corrected chi connectivity index (χ4v) is 1.92. The van der Waals surface area contributed by atoms with Gasteiger partial charge in [-0.1, -0.05) is 47.5 Å². The number of hydrazine groups is 1. The summed E-state index contributed by atoms with van der Waals surface area (Å²) in [6.45, 7) is 0. The Hall–Kier alpha value is -2.30. The molecule has 2 aromatic carbocycles. The molecule has 0 aliphatic carbocycles. The first-order valence-corrected chi connectivity index (χ1v) is 7.10. The Kier molecular flexibility index (Phi) is 5.58. The molecule has 0 spiro atoms. The van der Waals surface area contributed by atoms with E-state index >= 15 is 0 Å². The minimum atomic E-state index is -0.463. The van der Waals surface area contributed by atoms with Crippen molar-refractivity contribution in [1.29, 1.82) is 0 Å². The van der Waals surface area contributed by atoms with Gasteiger partial charge in [0.1, 0.15) is 0 Å². The molecule has 0 aliphatic rings. The van der Waals surface area contributed by atoms with Crippen LogP contribution in [0.25, 0.3) is 6.08 Å². The molecule has 4 nitrogen and oxygen atoms in total. The van der Waals surface area contributed by atoms with Crippen LogP contribution in [-0.2, 0) is 4.79 Å². The van der Waals surface area contributed by atoms with Gasteiger partial charge in [-0.05, 0) is 35.9 Å². The topological polar surface area (TPSA) is 58.2 Å². The first-order chi connectivity index (χ1) is 10.6. The van der Waals surface area contributed by atoms with E-state index in [1.807, 2.05) is 0 Å². The van der Waals surface area contributed by atoms with Crippen LogP contribution in [0.3, 0.4) is 0 Å². The van der Waals surface area contributed by atoms with E-state index < -0.39 is 11.8 Å². The highest BCUT2D eigenvalue weighted by Gasteiger charge is 2.04. The molecule has 112 valence electrons. The minimum Gasteiger partial charge on any atom is -0.268 e. The van der Waals surface area contributed by atoms with Gasteiger partial charge in [0.05, 0.1) is 10.0 Å². The molecule has 0 radical (unpaired) electrons. The number of halogens is 2. The number of carbonyl (C=O) groups is 2. The molecule has 2 N–H and O–H groups in total. The Morgan fingerprint density at radius 3 is 2.32 bits per heavy atom. The monoisotopic (exact) mass is 334 g/mol. The number of hydrogen-bond acceptors (Lipinski definition) is 2. The van der Waals surface area contributed by atoms with Crippen LogP contribution >= 0.6 is 23.2 Å². The van der Waals surface area contributed by atoms with Crippen molar-refractivity contribution in [1.82, 2.24) is 10.9 Å². The Bertz CT molecular complexity index is 715. The van der Waals surface area contributed by atoms with Gasteiger partial charge in [0.15, 0.2) is 0 Å². The lowest BCUT2D eigenvalue weighted by atomic mass is 10.2. The third-order valence-corrected chi connectivity index (χ3v) is 3.45. The van der Waals surface area contributed by atoms with Gasteiger partial charge >= 0.3 is 0 Å². The van der Waals surface area contributed by atoms with E-state index in [4.69, 9.17) is 23.2 Å². The number of carbonyl (C=O) groups excluding carboxylic acids is 2. The Morgan fingerprint density at radius 1 is 0.909 bits per heavy atom. The zero-order valence-corrected chi connectivity index (χ0v) is 12.9. The molecule has 2 amide bonds. The SMILES string of the molecule is O=C(/C=C/c1ccc(Cl)c(Cl)c1)NNC(=O)c1ccccc1. The van der Waals surface area contributed by atoms with E-state index in [1.54, 1.807) is 54.6 Å². The molecule has 2 aromatic rings. The van der Waals surface area contributed by atoms with Crippen molar-refractivity contribution in [2.75, 3.05) is 0 Å². The standard InChI is InChI=1S/C16H12Cl2N2O2/c17-13-8-6-11(10-14(13)18)7-9-15(21)19-20-16(22)12-4-2-1-3-5-12/h1-10H,(H,19,21)(H,20,22)/b9-7+. The van der Waals surface area contributed by atoms with Crippen molar-refractivity contribution in [3.8, 4) is 0 Å². The first kappa shape index (κ1) is 16.1. The minimum absolute atomic E-state index is 0.392. The van der Waals surface area contributed by atoms with Crippen molar-refractivity contribution in [2.24, 2.45) is 0 Å². The van der Waals surface area contributed by atoms with Crippen LogP contribution in [-0.4, -0.2) is 11.8 Å². The van der Waals surface area contributed by atoms with Crippen LogP contribution in [0.15, 0.2) is 54.6 Å². The summed E-state index contributed by atoms with van der Waals surface area (Å²) in [5, 5.41) is 0.847. The molecule has 0 saturated heterocycles. The average Bonchev–Trinajstić information content (AvgIpc) is 2.54. The molecule has 0 aromatic heterocycles. The number of rotatable bonds is 3. The molecule has 0 saturated carbocycles. The summed E-state index contributed by atoms with van der Waals surface area (Å²) in [7, 11) is 0. The molecule has 0 unspecified atom stereocenters. The average molecular weight is 335 g/mol. The zero-order chi connectivity index (χ0) is 15.9. The van der Waals surface area contributed by atoms with E-state index in [2.05, 4.69) is 10.9 Å². The summed E-state index contributed by atoms with van der Waals surface area (Å²) >= 11 is 11.7. The number of hydrogen-bond donors (Lipinski definition) is 2. The maximum absolute atomic E-state index is 11.7. The van der Waals surface area contributed by atoms with Gasteiger partial charge in [-0.25, -0.2) is 0 Å². The second-order valence-electron chi connectivity index (χ2n) is 4.32. The second kappa shape index (κ2) is 7.64. The van der Waals surface area contributed by atoms with Crippen LogP contribution < -0.4 is 10.9 Å². The molecular weight excluding hydrogens is 323 g/mol. The van der Waals surface area contributed by atoms with Crippen molar-refractivity contribution in [3.63, 3.8) is 0 Å². The summed E-state index contributed by atoms with van der Waals surface area (Å²) < 4.78 is 0. The summed E-state index contributed by atoms with van der Waals surface area (Å²) in [6.07, 6.45) is 2.84. The smallest absolute Gasteiger partial charge is 0.268 e. The van der Waals surface area contributed by atoms with E-state index in [1.165, 1.54) is 6.08 Å². The van der Waals surface area contributed by atoms with Gasteiger partial charge in [0.25, 0.3) is 11.8 Å². The summed E-state index contributed by atoms with van der Waals surface area (Å²) in [6, 6.07) is 13.6. The van der Waals surface area contributed by atoms with Gasteiger partial charge in [-0.3, -0.25) is 20.4 Å². The highest BCUT2D eigenvalue weighted by atomic mass is 35.5. The molecule has 2 rings (SSSR count). The zero-order valence-electron chi connectivity index (χ0n) is 11.3. The molecule has 0 fully saturated rings. The quantitative estimate of drug-likeness (QED) is 0.667. The van der Waals surface area contributed by atoms with E-state index in [9.17, 15) is 9.59 Å². The van der Waals surface area contributed by atoms with Crippen molar-refractivity contribution < 1.29 is 9.59 Å². The molecule has 6 heteroatoms. The van der Waals surface area contributed by atoms with Crippen LogP contribution in [0.5, 0.6) is 0 Å². The molecular formula is C16H12Cl2N2O2. The van der Waals surface area contributed by atoms with E-state index in [0.717, 1.165) is 5.56 Å². The van der Waals surface area contributed by atoms with Gasteiger partial charge in [-0.2, -0.15) is 0 Å². The highest BCUT2D eigenvalue weighted by molar-refractivity contribution is 6.42. The van der Waals surface area contributed by atoms with Gasteiger partial charge < -0.3 is 0 Å². The second-order valence-corrected chi connectivity index (χ2v) is 5.13. The van der Waals surface area contributed by atoms with Crippen LogP contribution in [0, 0.1) is 0 Å². The van der Waals surface area contributed by atoms with Crippen LogP contribution in [0.4, 0.5) is 0 Å². The van der Waals surface area contributed by atoms with Gasteiger partial charge in [0.2, 0.25) is 0 Å². The molecule has 0 aliphatic heterocycles. The molecule has 22 heavy (non-hydrogen) atoms. The number of benzene rings is 2. The van der Waals surface area contributed by atoms with E-state index in [-0.39, 0.29) is 0 Å². The normalized spacial score (nSPS) is 10.5. The predicted octanol–water partition coefficient (Wildman–Crippen LogP) is 3.47. The molecule has 0 bridgehead atoms. The number of amides is 2. The lowest BCUT2D eigenvalue weighted by Gasteiger charge is -2.04. The van der Waals surface area contributed by atoms with Crippen molar-refractivity contribution in [3.05, 3.63) is 75.8 Å². The van der Waals surface area contributed by atoms with Gasteiger partial charge in [0, 0.05) is 11.6 Å². The lowest BCUT2D eigenvalue weighted by Crippen LogP contribution is -2.40. The molecule has 0 heterocycles. The maximum atomic E-state index is 11.7. The fourth-order valence-electron chi connectivity index (χ4n) is 1.61. The summed E-state index contributed by atoms with van der Waals surface area (Å²) in [5.41, 5.74) is 5.79. The highest BCUT2D eigenvalue weighted by Crippen LogP contribution is 2.22. The Balaban J connectivity index is 1.89. The lowest BCUT2D eigenvalue weighted by molar-refractivity contribution is -0.117. The fraction of sp³-hybridized carbons (Fsp3) is 0. The largest absolute Gasteiger partial charge is 0.269 e. The maximum Gasteiger partial charge on any atom is 0.269 e. The van der Waals surface area contributed by atoms with Crippen LogP contribution in [0.2, 0.25) is 10.0 Å². The summed E-state index contributed by atoms with van der Waals surface area (Å²) in [5.74, 6) is -0.854. The van der Waals surface area contributed by atoms with Crippen molar-refractivity contribution in [2.45, 2.75) is 0 Å². The van der Waals surface area contributed by atoms with Crippen molar-refractivity contribution >= 4 is 41.1 Å². The molecule has 0 atom stereocenters. The van der Waals surface area contributed by atoms with Gasteiger partial charge in [-0.15, -0.1) is 0 Å². The number of nitrogens with one attached hydrogen (secondary N) is 2. The van der Waals surface area contributed by atoms with E-state index in [0.29, 0.717) is 15.6 Å². The first-order valence-electron chi connectivity index (χ1n) is 6.35. The third kappa shape index (κ3) is 4.62. The third-order valence-electron chi connectivity index (χ3n) is 2.71. The predicted molar refractivity (Wildman–Crippen MR) is 87.5 cm³/mol. The Labute approximate surface area is 137 Å². The summed E-state index contributed by atoms with van der Waals surface area (Å²) in [4.78, 5) is 23.4.